The monoisotopic (exact) mass is 401 g/mol. The molecule has 2 rings (SSSR count). The number of carbonyl (C=O) groups excluding carboxylic acids is 1. The van der Waals surface area contributed by atoms with Crippen LogP contribution in [0.25, 0.3) is 0 Å². The number of ether oxygens (including phenoxy) is 2. The van der Waals surface area contributed by atoms with Crippen molar-refractivity contribution < 1.29 is 14.3 Å². The van der Waals surface area contributed by atoms with Gasteiger partial charge in [0, 0.05) is 12.6 Å². The Bertz CT molecular complexity index is 863. The number of rotatable bonds is 11. The van der Waals surface area contributed by atoms with Crippen LogP contribution in [-0.2, 0) is 6.54 Å². The van der Waals surface area contributed by atoms with Gasteiger partial charge in [0.2, 0.25) is 0 Å². The molecule has 2 aromatic rings. The summed E-state index contributed by atoms with van der Waals surface area (Å²) in [6.45, 7) is 9.64. The summed E-state index contributed by atoms with van der Waals surface area (Å²) in [5.74, 6) is 1.05. The van der Waals surface area contributed by atoms with E-state index in [1.165, 1.54) is 16.8 Å². The van der Waals surface area contributed by atoms with Crippen molar-refractivity contribution in [3.8, 4) is 11.5 Å². The fraction of sp³-hybridized carbons (Fsp3) is 0.500. The first kappa shape index (κ1) is 22.5. The smallest absolute Gasteiger partial charge is 0.272 e. The molecule has 29 heavy (non-hydrogen) atoms. The van der Waals surface area contributed by atoms with Crippen LogP contribution in [0.5, 0.6) is 11.5 Å². The fourth-order valence-corrected chi connectivity index (χ4v) is 2.75. The summed E-state index contributed by atoms with van der Waals surface area (Å²) in [7, 11) is 0. The van der Waals surface area contributed by atoms with E-state index in [1.54, 1.807) is 0 Å². The van der Waals surface area contributed by atoms with E-state index in [4.69, 9.17) is 9.47 Å². The number of carbonyl (C=O) groups is 1. The highest BCUT2D eigenvalue weighted by atomic mass is 16.5. The van der Waals surface area contributed by atoms with Crippen LogP contribution in [0.1, 0.15) is 69.1 Å². The Kier molecular flexibility index (Phi) is 8.70. The van der Waals surface area contributed by atoms with Gasteiger partial charge in [0.1, 0.15) is 5.69 Å². The van der Waals surface area contributed by atoms with Crippen LogP contribution < -0.4 is 20.3 Å². The molecule has 1 N–H and O–H groups in total. The van der Waals surface area contributed by atoms with Crippen molar-refractivity contribution in [2.75, 3.05) is 13.2 Å². The minimum atomic E-state index is -0.329. The molecular weight excluding hydrogens is 370 g/mol. The lowest BCUT2D eigenvalue weighted by Gasteiger charge is -2.18. The van der Waals surface area contributed by atoms with Gasteiger partial charge in [-0.3, -0.25) is 9.59 Å². The van der Waals surface area contributed by atoms with Crippen molar-refractivity contribution in [2.24, 2.45) is 0 Å². The zero-order chi connectivity index (χ0) is 21.2. The molecule has 0 radical (unpaired) electrons. The van der Waals surface area contributed by atoms with Gasteiger partial charge < -0.3 is 14.8 Å². The van der Waals surface area contributed by atoms with E-state index in [0.29, 0.717) is 31.3 Å². The Morgan fingerprint density at radius 2 is 1.72 bits per heavy atom. The van der Waals surface area contributed by atoms with Gasteiger partial charge >= 0.3 is 0 Å². The molecule has 0 bridgehead atoms. The molecule has 0 aliphatic heterocycles. The minimum absolute atomic E-state index is 0.211. The van der Waals surface area contributed by atoms with Gasteiger partial charge in [-0.25, -0.2) is 4.68 Å². The van der Waals surface area contributed by atoms with E-state index in [1.807, 2.05) is 39.0 Å². The second-order valence-corrected chi connectivity index (χ2v) is 6.88. The average molecular weight is 402 g/mol. The van der Waals surface area contributed by atoms with E-state index in [2.05, 4.69) is 17.3 Å². The SMILES string of the molecule is CCCOc1ccc(C(C)NC(=O)c2ccc(=O)n(CCC)n2)cc1OCCC. The highest BCUT2D eigenvalue weighted by Gasteiger charge is 2.16. The van der Waals surface area contributed by atoms with Crippen molar-refractivity contribution in [3.05, 3.63) is 51.9 Å². The number of hydrogen-bond donors (Lipinski definition) is 1. The number of aryl methyl sites for hydroxylation is 1. The summed E-state index contributed by atoms with van der Waals surface area (Å²) >= 11 is 0. The van der Waals surface area contributed by atoms with E-state index < -0.39 is 0 Å². The Morgan fingerprint density at radius 3 is 2.38 bits per heavy atom. The molecule has 1 amide bonds. The van der Waals surface area contributed by atoms with Crippen LogP contribution in [0.4, 0.5) is 0 Å². The predicted molar refractivity (Wildman–Crippen MR) is 113 cm³/mol. The van der Waals surface area contributed by atoms with Crippen LogP contribution >= 0.6 is 0 Å². The molecule has 0 saturated carbocycles. The number of benzene rings is 1. The van der Waals surface area contributed by atoms with E-state index in [-0.39, 0.29) is 23.2 Å². The van der Waals surface area contributed by atoms with Gasteiger partial charge in [-0.05, 0) is 49.9 Å². The molecule has 7 heteroatoms. The van der Waals surface area contributed by atoms with Gasteiger partial charge in [-0.2, -0.15) is 5.10 Å². The highest BCUT2D eigenvalue weighted by Crippen LogP contribution is 2.31. The van der Waals surface area contributed by atoms with Gasteiger partial charge in [-0.1, -0.05) is 26.8 Å². The summed E-state index contributed by atoms with van der Waals surface area (Å²) < 4.78 is 12.9. The quantitative estimate of drug-likeness (QED) is 0.620. The molecule has 0 aliphatic carbocycles. The van der Waals surface area contributed by atoms with Gasteiger partial charge in [-0.15, -0.1) is 0 Å². The van der Waals surface area contributed by atoms with E-state index in [9.17, 15) is 9.59 Å². The van der Waals surface area contributed by atoms with E-state index >= 15 is 0 Å². The first-order chi connectivity index (χ1) is 14.0. The standard InChI is InChI=1S/C22H31N3O4/c1-5-12-25-21(26)11-9-18(24-25)22(27)23-16(4)17-8-10-19(28-13-6-2)20(15-17)29-14-7-3/h8-11,15-16H,5-7,12-14H2,1-4H3,(H,23,27). The molecule has 7 nitrogen and oxygen atoms in total. The molecule has 0 spiro atoms. The lowest BCUT2D eigenvalue weighted by Crippen LogP contribution is -2.31. The summed E-state index contributed by atoms with van der Waals surface area (Å²) in [4.78, 5) is 24.4. The molecule has 0 aliphatic rings. The van der Waals surface area contributed by atoms with Crippen molar-refractivity contribution >= 4 is 5.91 Å². The maximum Gasteiger partial charge on any atom is 0.272 e. The Hall–Kier alpha value is -2.83. The van der Waals surface area contributed by atoms with E-state index in [0.717, 1.165) is 24.8 Å². The van der Waals surface area contributed by atoms with Crippen LogP contribution in [0.2, 0.25) is 0 Å². The molecule has 1 aromatic carbocycles. The number of hydrogen-bond acceptors (Lipinski definition) is 5. The second kappa shape index (κ2) is 11.2. The predicted octanol–water partition coefficient (Wildman–Crippen LogP) is 3.72. The Morgan fingerprint density at radius 1 is 1.03 bits per heavy atom. The largest absolute Gasteiger partial charge is 0.490 e. The zero-order valence-electron chi connectivity index (χ0n) is 17.7. The molecule has 1 aromatic heterocycles. The topological polar surface area (TPSA) is 82.5 Å². The van der Waals surface area contributed by atoms with Crippen LogP contribution in [0, 0.1) is 0 Å². The van der Waals surface area contributed by atoms with Crippen LogP contribution in [0.15, 0.2) is 35.1 Å². The third kappa shape index (κ3) is 6.34. The summed E-state index contributed by atoms with van der Waals surface area (Å²) in [5.41, 5.74) is 0.905. The number of nitrogens with one attached hydrogen (secondary N) is 1. The van der Waals surface area contributed by atoms with Crippen molar-refractivity contribution in [3.63, 3.8) is 0 Å². The molecule has 0 fully saturated rings. The number of aromatic nitrogens is 2. The third-order valence-corrected chi connectivity index (χ3v) is 4.27. The first-order valence-electron chi connectivity index (χ1n) is 10.3. The zero-order valence-corrected chi connectivity index (χ0v) is 17.7. The minimum Gasteiger partial charge on any atom is -0.490 e. The summed E-state index contributed by atoms with van der Waals surface area (Å²) in [6.07, 6.45) is 2.57. The first-order valence-corrected chi connectivity index (χ1v) is 10.3. The highest BCUT2D eigenvalue weighted by molar-refractivity contribution is 5.92. The van der Waals surface area contributed by atoms with Crippen LogP contribution in [0.3, 0.4) is 0 Å². The number of nitrogens with zero attached hydrogens (tertiary/aromatic N) is 2. The van der Waals surface area contributed by atoms with Gasteiger partial charge in [0.15, 0.2) is 11.5 Å². The molecule has 1 heterocycles. The fourth-order valence-electron chi connectivity index (χ4n) is 2.75. The van der Waals surface area contributed by atoms with Crippen LogP contribution in [-0.4, -0.2) is 28.9 Å². The lowest BCUT2D eigenvalue weighted by atomic mass is 10.1. The van der Waals surface area contributed by atoms with Crippen molar-refractivity contribution in [2.45, 2.75) is 59.5 Å². The maximum atomic E-state index is 12.6. The molecule has 0 saturated heterocycles. The molecular formula is C22H31N3O4. The summed E-state index contributed by atoms with van der Waals surface area (Å²) in [5, 5.41) is 7.10. The molecule has 1 unspecified atom stereocenters. The molecule has 158 valence electrons. The Labute approximate surface area is 172 Å². The maximum absolute atomic E-state index is 12.6. The molecule has 1 atom stereocenters. The third-order valence-electron chi connectivity index (χ3n) is 4.27. The lowest BCUT2D eigenvalue weighted by molar-refractivity contribution is 0.0932. The van der Waals surface area contributed by atoms with Gasteiger partial charge in [0.25, 0.3) is 11.5 Å². The van der Waals surface area contributed by atoms with Gasteiger partial charge in [0.05, 0.1) is 19.3 Å². The van der Waals surface area contributed by atoms with Crippen molar-refractivity contribution in [1.29, 1.82) is 0 Å². The average Bonchev–Trinajstić information content (AvgIpc) is 2.72. The second-order valence-electron chi connectivity index (χ2n) is 6.88. The number of amides is 1. The van der Waals surface area contributed by atoms with Crippen molar-refractivity contribution in [1.82, 2.24) is 15.1 Å². The Balaban J connectivity index is 2.16. The normalized spacial score (nSPS) is 11.7. The summed E-state index contributed by atoms with van der Waals surface area (Å²) in [6, 6.07) is 8.25.